The van der Waals surface area contributed by atoms with Crippen LogP contribution < -0.4 is 0 Å². The molecule has 21 aromatic rings. The summed E-state index contributed by atoms with van der Waals surface area (Å²) in [5, 5.41) is 12.5. The van der Waals surface area contributed by atoms with E-state index in [2.05, 4.69) is 272 Å². The van der Waals surface area contributed by atoms with Gasteiger partial charge in [-0.3, -0.25) is 9.13 Å². The van der Waals surface area contributed by atoms with Crippen molar-refractivity contribution in [2.45, 2.75) is 0 Å². The minimum Gasteiger partial charge on any atom is -0.450 e. The Morgan fingerprint density at radius 2 is 0.667 bits per heavy atom. The van der Waals surface area contributed by atoms with E-state index in [0.29, 0.717) is 17.2 Å². The lowest BCUT2D eigenvalue weighted by molar-refractivity contribution is 0.651. The van der Waals surface area contributed by atoms with Gasteiger partial charge in [-0.1, -0.05) is 206 Å². The van der Waals surface area contributed by atoms with Gasteiger partial charge in [0.05, 0.1) is 55.2 Å². The smallest absolute Gasteiger partial charge is 0.238 e. The maximum Gasteiger partial charge on any atom is 0.238 e. The Hall–Kier alpha value is -13.2. The molecule has 21 rings (SSSR count). The Morgan fingerprint density at radius 1 is 0.260 bits per heavy atom. The molecule has 0 fully saturated rings. The zero-order valence-electron chi connectivity index (χ0n) is 51.4. The number of para-hydroxylation sites is 8. The van der Waals surface area contributed by atoms with Crippen LogP contribution in [0.3, 0.4) is 0 Å². The van der Waals surface area contributed by atoms with Crippen molar-refractivity contribution in [1.82, 2.24) is 38.2 Å². The summed E-state index contributed by atoms with van der Waals surface area (Å²) in [6.45, 7) is 0. The van der Waals surface area contributed by atoms with E-state index in [0.717, 1.165) is 116 Å². The third-order valence-corrected chi connectivity index (χ3v) is 19.2. The average molecular weight is 1230 g/mol. The molecule has 0 bridgehead atoms. The predicted molar refractivity (Wildman–Crippen MR) is 392 cm³/mol. The van der Waals surface area contributed by atoms with Gasteiger partial charge in [-0.2, -0.15) is 4.98 Å². The second kappa shape index (κ2) is 21.2. The molecule has 10 heteroatoms. The Kier molecular flexibility index (Phi) is 11.8. The molecule has 0 unspecified atom stereocenters. The number of hydrogen-bond donors (Lipinski definition) is 0. The Labute approximate surface area is 547 Å². The van der Waals surface area contributed by atoms with E-state index < -0.39 is 0 Å². The molecule has 0 atom stereocenters. The summed E-state index contributed by atoms with van der Waals surface area (Å²) in [7, 11) is 0. The Morgan fingerprint density at radius 3 is 1.25 bits per heavy atom. The molecule has 96 heavy (non-hydrogen) atoms. The van der Waals surface area contributed by atoms with Crippen LogP contribution >= 0.6 is 0 Å². The second-order valence-electron chi connectivity index (χ2n) is 24.5. The molecule has 0 radical (unpaired) electrons. The van der Waals surface area contributed by atoms with Crippen LogP contribution in [-0.2, 0) is 0 Å². The zero-order chi connectivity index (χ0) is 63.0. The lowest BCUT2D eigenvalue weighted by atomic mass is 10.0. The number of aromatic nitrogens is 8. The second-order valence-corrected chi connectivity index (χ2v) is 24.5. The fourth-order valence-corrected chi connectivity index (χ4v) is 14.9. The van der Waals surface area contributed by atoms with Crippen LogP contribution in [0.4, 0.5) is 0 Å². The number of benzene rings is 13. The number of fused-ring (bicyclic) bond motifs is 18. The molecular weight excluding hydrogens is 1180 g/mol. The molecular formula is C86H52N8O2. The largest absolute Gasteiger partial charge is 0.450 e. The highest BCUT2D eigenvalue weighted by Crippen LogP contribution is 2.43. The quantitative estimate of drug-likeness (QED) is 0.158. The van der Waals surface area contributed by atoms with E-state index >= 15 is 0 Å². The van der Waals surface area contributed by atoms with Gasteiger partial charge in [-0.15, -0.1) is 0 Å². The first-order valence-electron chi connectivity index (χ1n) is 32.3. The highest BCUT2D eigenvalue weighted by atomic mass is 16.3. The molecule has 10 nitrogen and oxygen atoms in total. The van der Waals surface area contributed by atoms with Crippen LogP contribution in [-0.4, -0.2) is 38.2 Å². The van der Waals surface area contributed by atoms with Crippen LogP contribution in [0.2, 0.25) is 0 Å². The van der Waals surface area contributed by atoms with E-state index in [1.54, 1.807) is 6.33 Å². The van der Waals surface area contributed by atoms with Crippen LogP contribution in [0.1, 0.15) is 0 Å². The van der Waals surface area contributed by atoms with E-state index in [-0.39, 0.29) is 0 Å². The van der Waals surface area contributed by atoms with Crippen molar-refractivity contribution in [2.75, 3.05) is 0 Å². The average Bonchev–Trinajstić information content (AvgIpc) is 1.63. The van der Waals surface area contributed by atoms with Gasteiger partial charge in [0.15, 0.2) is 11.4 Å². The molecule has 8 aromatic heterocycles. The summed E-state index contributed by atoms with van der Waals surface area (Å²) >= 11 is 0. The van der Waals surface area contributed by atoms with Gasteiger partial charge in [0.1, 0.15) is 23.0 Å². The lowest BCUT2D eigenvalue weighted by Crippen LogP contribution is -2.02. The van der Waals surface area contributed by atoms with Crippen molar-refractivity contribution in [3.05, 3.63) is 316 Å². The molecule has 13 aromatic carbocycles. The van der Waals surface area contributed by atoms with Crippen LogP contribution in [0.25, 0.3) is 188 Å². The summed E-state index contributed by atoms with van der Waals surface area (Å²) in [6.07, 6.45) is 1.64. The lowest BCUT2D eigenvalue weighted by Gasteiger charge is -2.10. The highest BCUT2D eigenvalue weighted by molar-refractivity contribution is 6.16. The van der Waals surface area contributed by atoms with Gasteiger partial charge in [-0.25, -0.2) is 15.0 Å². The van der Waals surface area contributed by atoms with Crippen molar-refractivity contribution in [2.24, 2.45) is 0 Å². The summed E-state index contributed by atoms with van der Waals surface area (Å²) in [4.78, 5) is 19.8. The maximum atomic E-state index is 6.40. The van der Waals surface area contributed by atoms with Gasteiger partial charge in [0.2, 0.25) is 11.7 Å². The predicted octanol–water partition coefficient (Wildman–Crippen LogP) is 22.1. The molecule has 0 aliphatic carbocycles. The first-order chi connectivity index (χ1) is 47.6. The molecule has 0 amide bonds. The van der Waals surface area contributed by atoms with E-state index in [1.807, 2.05) is 60.7 Å². The van der Waals surface area contributed by atoms with Crippen molar-refractivity contribution in [1.29, 1.82) is 0 Å². The number of furan rings is 2. The molecule has 0 spiro atoms. The molecule has 0 aliphatic heterocycles. The molecule has 0 saturated heterocycles. The minimum atomic E-state index is 0.575. The van der Waals surface area contributed by atoms with Crippen LogP contribution in [0.5, 0.6) is 0 Å². The fourth-order valence-electron chi connectivity index (χ4n) is 14.9. The van der Waals surface area contributed by atoms with Crippen molar-refractivity contribution in [3.63, 3.8) is 0 Å². The zero-order valence-corrected chi connectivity index (χ0v) is 51.4. The van der Waals surface area contributed by atoms with E-state index in [9.17, 15) is 0 Å². The Balaban J connectivity index is 0.000000132. The number of hydrogen-bond acceptors (Lipinski definition) is 6. The molecule has 0 aliphatic rings. The van der Waals surface area contributed by atoms with Gasteiger partial charge < -0.3 is 18.0 Å². The standard InChI is InChI=1S/C46H28N4O.C40H24N4O/c1-3-13-29(14-4-1)44-43-35-19-9-12-22-42(35)51-45(43)48-46(47-44)50-39-21-11-8-18-34(39)37-28-31(24-26-41(37)50)30-23-25-40-36(27-30)33-17-7-10-20-38(33)49(40)32-15-5-2-6-16-32;1-2-10-27(11-3-1)43-33-15-7-4-12-28(33)30-20-18-25(22-35(30)43)26-19-21-31-29-13-5-8-16-34(29)44(36(31)23-26)40-39-38(41-24-42-40)32-14-6-9-17-37(32)45-39/h1-28H;1-24H. The summed E-state index contributed by atoms with van der Waals surface area (Å²) in [5.74, 6) is 1.31. The van der Waals surface area contributed by atoms with Gasteiger partial charge in [0, 0.05) is 70.8 Å². The summed E-state index contributed by atoms with van der Waals surface area (Å²) in [6, 6.07) is 109. The van der Waals surface area contributed by atoms with Gasteiger partial charge in [0.25, 0.3) is 0 Å². The molecule has 448 valence electrons. The third kappa shape index (κ3) is 8.18. The first-order valence-corrected chi connectivity index (χ1v) is 32.3. The topological polar surface area (TPSA) is 97.6 Å². The van der Waals surface area contributed by atoms with Crippen LogP contribution in [0.15, 0.2) is 325 Å². The molecule has 0 N–H and O–H groups in total. The normalized spacial score (nSPS) is 12.0. The third-order valence-electron chi connectivity index (χ3n) is 19.2. The first kappa shape index (κ1) is 53.5. The summed E-state index contributed by atoms with van der Waals surface area (Å²) < 4.78 is 21.9. The number of rotatable bonds is 7. The van der Waals surface area contributed by atoms with Crippen molar-refractivity contribution < 1.29 is 8.83 Å². The minimum absolute atomic E-state index is 0.575. The van der Waals surface area contributed by atoms with E-state index in [4.69, 9.17) is 23.8 Å². The van der Waals surface area contributed by atoms with Crippen molar-refractivity contribution in [3.8, 4) is 56.7 Å². The summed E-state index contributed by atoms with van der Waals surface area (Å²) in [5.41, 5.74) is 21.5. The molecule has 8 heterocycles. The fraction of sp³-hybridized carbons (Fsp3) is 0. The van der Waals surface area contributed by atoms with Crippen molar-refractivity contribution >= 4 is 131 Å². The SMILES string of the molecule is c1ccc(-c2nc(-n3c4ccccc4c4cc(-c5ccc6c(c5)c5ccccc5n6-c5ccccc5)ccc43)nc3oc4ccccc4c23)cc1.c1ccc(-n2c3ccccc3c3ccc(-c4ccc5c6ccccc6n(-c6ncnc7c6oc6ccccc67)c5c4)cc32)cc1. The van der Waals surface area contributed by atoms with E-state index in [1.165, 1.54) is 54.6 Å². The maximum absolute atomic E-state index is 6.40. The van der Waals surface area contributed by atoms with Gasteiger partial charge >= 0.3 is 0 Å². The highest BCUT2D eigenvalue weighted by Gasteiger charge is 2.24. The monoisotopic (exact) mass is 1230 g/mol. The number of nitrogens with zero attached hydrogens (tertiary/aromatic N) is 8. The molecule has 0 saturated carbocycles. The van der Waals surface area contributed by atoms with Gasteiger partial charge in [-0.05, 0) is 125 Å². The van der Waals surface area contributed by atoms with Crippen LogP contribution in [0, 0.1) is 0 Å². The Bertz CT molecular complexity index is 6710.